The van der Waals surface area contributed by atoms with Crippen LogP contribution in [0.1, 0.15) is 16.2 Å². The highest BCUT2D eigenvalue weighted by atomic mass is 35.5. The molecule has 0 spiro atoms. The van der Waals surface area contributed by atoms with Crippen molar-refractivity contribution in [3.8, 4) is 16.9 Å². The maximum Gasteiger partial charge on any atom is 0.270 e. The Hall–Kier alpha value is -3.31. The van der Waals surface area contributed by atoms with E-state index in [0.29, 0.717) is 34.4 Å². The van der Waals surface area contributed by atoms with E-state index in [-0.39, 0.29) is 5.91 Å². The van der Waals surface area contributed by atoms with Crippen LogP contribution in [0, 0.1) is 0 Å². The molecule has 0 aliphatic heterocycles. The van der Waals surface area contributed by atoms with Gasteiger partial charge in [-0.1, -0.05) is 54.1 Å². The van der Waals surface area contributed by atoms with Gasteiger partial charge in [0.05, 0.1) is 29.2 Å². The maximum absolute atomic E-state index is 12.8. The minimum absolute atomic E-state index is 0.263. The minimum atomic E-state index is -0.263. The van der Waals surface area contributed by atoms with E-state index in [9.17, 15) is 4.79 Å². The van der Waals surface area contributed by atoms with E-state index < -0.39 is 0 Å². The molecule has 6 heteroatoms. The molecule has 2 heterocycles. The molecule has 27 heavy (non-hydrogen) atoms. The summed E-state index contributed by atoms with van der Waals surface area (Å²) in [5.41, 5.74) is 2.65. The Kier molecular flexibility index (Phi) is 4.77. The van der Waals surface area contributed by atoms with Crippen molar-refractivity contribution in [1.82, 2.24) is 15.1 Å². The zero-order valence-corrected chi connectivity index (χ0v) is 15.1. The van der Waals surface area contributed by atoms with Gasteiger partial charge in [-0.3, -0.25) is 4.79 Å². The lowest BCUT2D eigenvalue weighted by Gasteiger charge is -2.09. The summed E-state index contributed by atoms with van der Waals surface area (Å²) in [6.45, 7) is 0.292. The molecule has 0 atom stereocenters. The number of rotatable bonds is 5. The molecule has 0 fully saturated rings. The van der Waals surface area contributed by atoms with Crippen LogP contribution in [0.4, 0.5) is 0 Å². The number of para-hydroxylation sites is 1. The Morgan fingerprint density at radius 3 is 2.56 bits per heavy atom. The highest BCUT2D eigenvalue weighted by Crippen LogP contribution is 2.25. The number of nitrogens with one attached hydrogen (secondary N) is 1. The summed E-state index contributed by atoms with van der Waals surface area (Å²) >= 11 is 6.34. The number of nitrogens with zero attached hydrogens (tertiary/aromatic N) is 2. The smallest absolute Gasteiger partial charge is 0.270 e. The molecule has 134 valence electrons. The van der Waals surface area contributed by atoms with Crippen LogP contribution in [0.2, 0.25) is 5.02 Å². The summed E-state index contributed by atoms with van der Waals surface area (Å²) in [6, 6.07) is 22.3. The number of amides is 1. The number of benzene rings is 2. The van der Waals surface area contributed by atoms with Crippen molar-refractivity contribution in [1.29, 1.82) is 0 Å². The van der Waals surface area contributed by atoms with E-state index in [1.165, 1.54) is 0 Å². The lowest BCUT2D eigenvalue weighted by atomic mass is 10.1. The number of carbonyl (C=O) groups is 1. The molecule has 1 amide bonds. The molecule has 0 radical (unpaired) electrons. The van der Waals surface area contributed by atoms with Gasteiger partial charge in [-0.25, -0.2) is 4.68 Å². The fraction of sp³-hybridized carbons (Fsp3) is 0.0476. The average Bonchev–Trinajstić information content (AvgIpc) is 3.37. The second kappa shape index (κ2) is 7.51. The van der Waals surface area contributed by atoms with Crippen LogP contribution in [-0.2, 0) is 6.54 Å². The molecule has 2 aromatic carbocycles. The summed E-state index contributed by atoms with van der Waals surface area (Å²) in [5, 5.41) is 8.00. The molecule has 4 aromatic rings. The van der Waals surface area contributed by atoms with Crippen molar-refractivity contribution in [3.05, 3.63) is 95.5 Å². The van der Waals surface area contributed by atoms with E-state index in [1.807, 2.05) is 48.5 Å². The summed E-state index contributed by atoms with van der Waals surface area (Å²) < 4.78 is 6.84. The molecule has 4 rings (SSSR count). The van der Waals surface area contributed by atoms with Gasteiger partial charge in [0.2, 0.25) is 0 Å². The predicted octanol–water partition coefficient (Wildman–Crippen LogP) is 4.72. The molecule has 2 aromatic heterocycles. The average molecular weight is 378 g/mol. The second-order valence-corrected chi connectivity index (χ2v) is 6.31. The highest BCUT2D eigenvalue weighted by molar-refractivity contribution is 6.32. The monoisotopic (exact) mass is 377 g/mol. The number of halogens is 1. The normalized spacial score (nSPS) is 10.7. The van der Waals surface area contributed by atoms with Crippen LogP contribution in [0.25, 0.3) is 16.9 Å². The molecule has 0 unspecified atom stereocenters. The van der Waals surface area contributed by atoms with Crippen LogP contribution in [0.3, 0.4) is 0 Å². The van der Waals surface area contributed by atoms with Crippen LogP contribution in [-0.4, -0.2) is 15.7 Å². The second-order valence-electron chi connectivity index (χ2n) is 5.91. The van der Waals surface area contributed by atoms with Crippen molar-refractivity contribution >= 4 is 17.5 Å². The maximum atomic E-state index is 12.8. The summed E-state index contributed by atoms with van der Waals surface area (Å²) in [6.07, 6.45) is 1.57. The van der Waals surface area contributed by atoms with Crippen molar-refractivity contribution in [2.24, 2.45) is 0 Å². The van der Waals surface area contributed by atoms with E-state index in [4.69, 9.17) is 16.0 Å². The van der Waals surface area contributed by atoms with Gasteiger partial charge in [0.15, 0.2) is 0 Å². The largest absolute Gasteiger partial charge is 0.467 e. The molecule has 0 aliphatic rings. The Balaban J connectivity index is 1.73. The van der Waals surface area contributed by atoms with Gasteiger partial charge in [0.25, 0.3) is 5.91 Å². The Labute approximate surface area is 161 Å². The molecule has 0 aliphatic carbocycles. The first-order valence-corrected chi connectivity index (χ1v) is 8.81. The van der Waals surface area contributed by atoms with Gasteiger partial charge < -0.3 is 9.73 Å². The lowest BCUT2D eigenvalue weighted by molar-refractivity contribution is 0.0940. The van der Waals surface area contributed by atoms with E-state index in [1.54, 1.807) is 35.2 Å². The van der Waals surface area contributed by atoms with Gasteiger partial charge in [0.1, 0.15) is 11.5 Å². The van der Waals surface area contributed by atoms with E-state index in [2.05, 4.69) is 10.4 Å². The van der Waals surface area contributed by atoms with Crippen molar-refractivity contribution in [2.75, 3.05) is 0 Å². The fourth-order valence-corrected chi connectivity index (χ4v) is 2.99. The van der Waals surface area contributed by atoms with Crippen LogP contribution >= 0.6 is 11.6 Å². The van der Waals surface area contributed by atoms with Gasteiger partial charge in [-0.15, -0.1) is 0 Å². The topological polar surface area (TPSA) is 60.1 Å². The van der Waals surface area contributed by atoms with Gasteiger partial charge in [-0.05, 0) is 30.3 Å². The number of furan rings is 1. The zero-order chi connectivity index (χ0) is 18.6. The fourth-order valence-electron chi connectivity index (χ4n) is 2.77. The standard InChI is InChI=1S/C21H16ClN3O2/c22-17-10-4-5-11-19(17)25-20(21(26)23-14-16-9-6-12-27-16)13-18(24-25)15-7-2-1-3-8-15/h1-13H,14H2,(H,23,26). The molecule has 0 saturated carbocycles. The van der Waals surface area contributed by atoms with E-state index in [0.717, 1.165) is 5.56 Å². The Morgan fingerprint density at radius 2 is 1.81 bits per heavy atom. The molecular weight excluding hydrogens is 362 g/mol. The molecule has 1 N–H and O–H groups in total. The molecular formula is C21H16ClN3O2. The first kappa shape index (κ1) is 17.1. The summed E-state index contributed by atoms with van der Waals surface area (Å²) in [7, 11) is 0. The quantitative estimate of drug-likeness (QED) is 0.547. The third-order valence-corrected chi connectivity index (χ3v) is 4.42. The van der Waals surface area contributed by atoms with Crippen molar-refractivity contribution < 1.29 is 9.21 Å². The first-order valence-electron chi connectivity index (χ1n) is 8.43. The van der Waals surface area contributed by atoms with Crippen LogP contribution < -0.4 is 5.32 Å². The zero-order valence-electron chi connectivity index (χ0n) is 14.3. The Bertz CT molecular complexity index is 1060. The number of hydrogen-bond acceptors (Lipinski definition) is 3. The third kappa shape index (κ3) is 3.64. The summed E-state index contributed by atoms with van der Waals surface area (Å²) in [4.78, 5) is 12.8. The predicted molar refractivity (Wildman–Crippen MR) is 104 cm³/mol. The third-order valence-electron chi connectivity index (χ3n) is 4.10. The lowest BCUT2D eigenvalue weighted by Crippen LogP contribution is -2.25. The van der Waals surface area contributed by atoms with Crippen molar-refractivity contribution in [3.63, 3.8) is 0 Å². The van der Waals surface area contributed by atoms with Gasteiger partial charge in [0, 0.05) is 5.56 Å². The van der Waals surface area contributed by atoms with Gasteiger partial charge >= 0.3 is 0 Å². The molecule has 0 bridgehead atoms. The van der Waals surface area contributed by atoms with Gasteiger partial charge in [-0.2, -0.15) is 5.10 Å². The molecule has 0 saturated heterocycles. The Morgan fingerprint density at radius 1 is 1.04 bits per heavy atom. The highest BCUT2D eigenvalue weighted by Gasteiger charge is 2.19. The van der Waals surface area contributed by atoms with Crippen molar-refractivity contribution in [2.45, 2.75) is 6.54 Å². The SMILES string of the molecule is O=C(NCc1ccco1)c1cc(-c2ccccc2)nn1-c1ccccc1Cl. The van der Waals surface area contributed by atoms with Crippen LogP contribution in [0.15, 0.2) is 83.5 Å². The van der Waals surface area contributed by atoms with E-state index >= 15 is 0 Å². The molecule has 5 nitrogen and oxygen atoms in total. The summed E-state index contributed by atoms with van der Waals surface area (Å²) in [5.74, 6) is 0.413. The number of hydrogen-bond donors (Lipinski definition) is 1. The minimum Gasteiger partial charge on any atom is -0.467 e. The first-order chi connectivity index (χ1) is 13.2. The number of carbonyl (C=O) groups excluding carboxylic acids is 1. The van der Waals surface area contributed by atoms with Crippen LogP contribution in [0.5, 0.6) is 0 Å². The number of aromatic nitrogens is 2.